The van der Waals surface area contributed by atoms with Crippen molar-refractivity contribution in [2.45, 2.75) is 19.9 Å². The van der Waals surface area contributed by atoms with Crippen LogP contribution >= 0.6 is 0 Å². The molecule has 0 spiro atoms. The summed E-state index contributed by atoms with van der Waals surface area (Å²) < 4.78 is 7.25. The van der Waals surface area contributed by atoms with Crippen LogP contribution in [0.4, 0.5) is 0 Å². The van der Waals surface area contributed by atoms with Crippen LogP contribution in [0.15, 0.2) is 16.7 Å². The van der Waals surface area contributed by atoms with Crippen molar-refractivity contribution in [2.24, 2.45) is 12.8 Å². The second kappa shape index (κ2) is 3.86. The van der Waals surface area contributed by atoms with Crippen LogP contribution in [0.3, 0.4) is 0 Å². The van der Waals surface area contributed by atoms with Gasteiger partial charge in [-0.1, -0.05) is 6.92 Å². The van der Waals surface area contributed by atoms with Gasteiger partial charge in [0.15, 0.2) is 5.76 Å². The van der Waals surface area contributed by atoms with Gasteiger partial charge in [0.1, 0.15) is 5.69 Å². The first-order chi connectivity index (χ1) is 7.24. The van der Waals surface area contributed by atoms with Crippen molar-refractivity contribution in [1.82, 2.24) is 14.8 Å². The maximum Gasteiger partial charge on any atom is 0.208 e. The van der Waals surface area contributed by atoms with E-state index in [1.54, 1.807) is 10.9 Å². The number of oxazole rings is 1. The third kappa shape index (κ3) is 1.78. The van der Waals surface area contributed by atoms with Crippen LogP contribution in [0.5, 0.6) is 0 Å². The molecule has 2 N–H and O–H groups in total. The molecule has 15 heavy (non-hydrogen) atoms. The van der Waals surface area contributed by atoms with Gasteiger partial charge in [0, 0.05) is 7.05 Å². The van der Waals surface area contributed by atoms with Crippen molar-refractivity contribution in [1.29, 1.82) is 0 Å². The maximum atomic E-state index is 5.46. The Kier molecular flexibility index (Phi) is 2.55. The summed E-state index contributed by atoms with van der Waals surface area (Å²) in [4.78, 5) is 4.05. The Morgan fingerprint density at radius 2 is 2.33 bits per heavy atom. The molecule has 0 unspecified atom stereocenters. The van der Waals surface area contributed by atoms with E-state index in [1.807, 2.05) is 13.1 Å². The average molecular weight is 206 g/mol. The number of aromatic nitrogens is 3. The Bertz CT molecular complexity index is 458. The van der Waals surface area contributed by atoms with Gasteiger partial charge < -0.3 is 10.2 Å². The molecule has 2 aromatic heterocycles. The highest BCUT2D eigenvalue weighted by atomic mass is 16.4. The van der Waals surface area contributed by atoms with Gasteiger partial charge in [0.05, 0.1) is 18.4 Å². The summed E-state index contributed by atoms with van der Waals surface area (Å²) in [5.74, 6) is 1.26. The van der Waals surface area contributed by atoms with E-state index in [9.17, 15) is 0 Å². The second-order valence-electron chi connectivity index (χ2n) is 3.32. The average Bonchev–Trinajstić information content (AvgIpc) is 2.83. The van der Waals surface area contributed by atoms with Crippen molar-refractivity contribution in [3.05, 3.63) is 23.8 Å². The minimum atomic E-state index is 0.318. The molecule has 5 heteroatoms. The molecule has 0 radical (unpaired) electrons. The van der Waals surface area contributed by atoms with Gasteiger partial charge in [-0.2, -0.15) is 5.10 Å². The van der Waals surface area contributed by atoms with Crippen LogP contribution in [0.1, 0.15) is 18.5 Å². The number of nitrogens with zero attached hydrogens (tertiary/aromatic N) is 3. The van der Waals surface area contributed by atoms with Crippen LogP contribution in [0.25, 0.3) is 11.5 Å². The summed E-state index contributed by atoms with van der Waals surface area (Å²) in [6, 6.07) is 2.00. The molecule has 2 heterocycles. The van der Waals surface area contributed by atoms with E-state index in [0.29, 0.717) is 18.2 Å². The molecule has 0 saturated carbocycles. The third-order valence-electron chi connectivity index (χ3n) is 2.27. The number of nitrogens with two attached hydrogens (primary N) is 1. The van der Waals surface area contributed by atoms with Crippen LogP contribution in [0, 0.1) is 0 Å². The molecule has 0 aliphatic heterocycles. The zero-order valence-corrected chi connectivity index (χ0v) is 8.90. The predicted molar refractivity (Wildman–Crippen MR) is 56.0 cm³/mol. The van der Waals surface area contributed by atoms with Gasteiger partial charge in [0.2, 0.25) is 5.89 Å². The van der Waals surface area contributed by atoms with Crippen LogP contribution in [-0.2, 0) is 20.0 Å². The molecule has 2 rings (SSSR count). The first-order valence-electron chi connectivity index (χ1n) is 4.92. The smallest absolute Gasteiger partial charge is 0.208 e. The molecule has 80 valence electrons. The second-order valence-corrected chi connectivity index (χ2v) is 3.32. The molecule has 0 aliphatic carbocycles. The minimum Gasteiger partial charge on any atom is -0.438 e. The molecule has 0 fully saturated rings. The van der Waals surface area contributed by atoms with Crippen LogP contribution in [0.2, 0.25) is 0 Å². The van der Waals surface area contributed by atoms with E-state index in [-0.39, 0.29) is 0 Å². The summed E-state index contributed by atoms with van der Waals surface area (Å²) in [6.07, 6.45) is 2.59. The molecule has 0 aromatic carbocycles. The van der Waals surface area contributed by atoms with E-state index < -0.39 is 0 Å². The number of rotatable bonds is 3. The summed E-state index contributed by atoms with van der Waals surface area (Å²) >= 11 is 0. The summed E-state index contributed by atoms with van der Waals surface area (Å²) in [7, 11) is 1.89. The van der Waals surface area contributed by atoms with E-state index in [2.05, 4.69) is 17.0 Å². The maximum absolute atomic E-state index is 5.46. The fourth-order valence-corrected chi connectivity index (χ4v) is 1.45. The molecular formula is C10H14N4O. The fourth-order valence-electron chi connectivity index (χ4n) is 1.45. The first kappa shape index (κ1) is 9.92. The van der Waals surface area contributed by atoms with Crippen LogP contribution in [-0.4, -0.2) is 14.8 Å². The largest absolute Gasteiger partial charge is 0.438 e. The zero-order valence-electron chi connectivity index (χ0n) is 8.90. The van der Waals surface area contributed by atoms with E-state index in [4.69, 9.17) is 10.2 Å². The topological polar surface area (TPSA) is 69.9 Å². The Morgan fingerprint density at radius 1 is 1.53 bits per heavy atom. The molecular weight excluding hydrogens is 192 g/mol. The lowest BCUT2D eigenvalue weighted by Gasteiger charge is -1.95. The van der Waals surface area contributed by atoms with Gasteiger partial charge >= 0.3 is 0 Å². The Hall–Kier alpha value is -1.62. The monoisotopic (exact) mass is 206 g/mol. The van der Waals surface area contributed by atoms with E-state index in [1.165, 1.54) is 0 Å². The number of hydrogen-bond donors (Lipinski definition) is 1. The van der Waals surface area contributed by atoms with Gasteiger partial charge in [-0.25, -0.2) is 4.98 Å². The van der Waals surface area contributed by atoms with Gasteiger partial charge in [0.25, 0.3) is 0 Å². The molecule has 0 saturated heterocycles. The third-order valence-corrected chi connectivity index (χ3v) is 2.27. The standard InChI is InChI=1S/C10H14N4O/c1-3-7-4-8(14(2)13-7)9-6-12-10(5-11)15-9/h4,6H,3,5,11H2,1-2H3. The molecule has 0 amide bonds. The first-order valence-corrected chi connectivity index (χ1v) is 4.92. The minimum absolute atomic E-state index is 0.318. The summed E-state index contributed by atoms with van der Waals surface area (Å²) in [5, 5.41) is 4.34. The Morgan fingerprint density at radius 3 is 2.87 bits per heavy atom. The van der Waals surface area contributed by atoms with Crippen molar-refractivity contribution in [3.63, 3.8) is 0 Å². The summed E-state index contributed by atoms with van der Waals surface area (Å²) in [6.45, 7) is 2.39. The predicted octanol–water partition coefficient (Wildman–Crippen LogP) is 1.10. The molecule has 0 bridgehead atoms. The molecule has 2 aromatic rings. The molecule has 0 aliphatic rings. The van der Waals surface area contributed by atoms with E-state index in [0.717, 1.165) is 17.8 Å². The van der Waals surface area contributed by atoms with Crippen molar-refractivity contribution < 1.29 is 4.42 Å². The van der Waals surface area contributed by atoms with E-state index >= 15 is 0 Å². The SMILES string of the molecule is CCc1cc(-c2cnc(CN)o2)n(C)n1. The van der Waals surface area contributed by atoms with Crippen molar-refractivity contribution >= 4 is 0 Å². The molecule has 5 nitrogen and oxygen atoms in total. The van der Waals surface area contributed by atoms with Gasteiger partial charge in [-0.15, -0.1) is 0 Å². The fraction of sp³-hybridized carbons (Fsp3) is 0.400. The highest BCUT2D eigenvalue weighted by molar-refractivity contribution is 5.51. The van der Waals surface area contributed by atoms with Crippen LogP contribution < -0.4 is 5.73 Å². The Labute approximate surface area is 87.9 Å². The quantitative estimate of drug-likeness (QED) is 0.816. The van der Waals surface area contributed by atoms with Gasteiger partial charge in [-0.05, 0) is 12.5 Å². The number of aryl methyl sites for hydroxylation is 2. The highest BCUT2D eigenvalue weighted by Gasteiger charge is 2.10. The molecule has 0 atom stereocenters. The number of hydrogen-bond acceptors (Lipinski definition) is 4. The Balaban J connectivity index is 2.39. The van der Waals surface area contributed by atoms with Crippen molar-refractivity contribution in [3.8, 4) is 11.5 Å². The van der Waals surface area contributed by atoms with Crippen molar-refractivity contribution in [2.75, 3.05) is 0 Å². The normalized spacial score (nSPS) is 10.9. The summed E-state index contributed by atoms with van der Waals surface area (Å²) in [5.41, 5.74) is 7.40. The zero-order chi connectivity index (χ0) is 10.8. The highest BCUT2D eigenvalue weighted by Crippen LogP contribution is 2.20. The lowest BCUT2D eigenvalue weighted by molar-refractivity contribution is 0.505. The van der Waals surface area contributed by atoms with Gasteiger partial charge in [-0.3, -0.25) is 4.68 Å². The lowest BCUT2D eigenvalue weighted by Crippen LogP contribution is -1.95. The lowest BCUT2D eigenvalue weighted by atomic mass is 10.3.